The zero-order chi connectivity index (χ0) is 16.7. The molecule has 0 saturated carbocycles. The van der Waals surface area contributed by atoms with E-state index in [-0.39, 0.29) is 0 Å². The highest BCUT2D eigenvalue weighted by Crippen LogP contribution is 2.30. The highest BCUT2D eigenvalue weighted by molar-refractivity contribution is 7.13. The first-order valence-electron chi connectivity index (χ1n) is 7.74. The zero-order valence-corrected chi connectivity index (χ0v) is 15.0. The van der Waals surface area contributed by atoms with Crippen molar-refractivity contribution >= 4 is 28.8 Å². The monoisotopic (exact) mass is 357 g/mol. The van der Waals surface area contributed by atoms with Crippen molar-refractivity contribution in [1.82, 2.24) is 19.9 Å². The molecule has 1 aliphatic rings. The van der Waals surface area contributed by atoms with Gasteiger partial charge >= 0.3 is 0 Å². The molecular formula is C17H16ClN5S. The number of nitrogens with zero attached hydrogens (tertiary/aromatic N) is 5. The van der Waals surface area contributed by atoms with Gasteiger partial charge in [-0.3, -0.25) is 9.97 Å². The summed E-state index contributed by atoms with van der Waals surface area (Å²) in [5.41, 5.74) is 6.29. The minimum atomic E-state index is 0.528. The third-order valence-corrected chi connectivity index (χ3v) is 5.42. The maximum absolute atomic E-state index is 6.24. The number of fused-ring (bicyclic) bond motifs is 1. The Hall–Kier alpha value is -2.05. The molecule has 1 aliphatic heterocycles. The highest BCUT2D eigenvalue weighted by atomic mass is 35.5. The van der Waals surface area contributed by atoms with Crippen LogP contribution in [0.1, 0.15) is 22.6 Å². The summed E-state index contributed by atoms with van der Waals surface area (Å²) >= 11 is 7.86. The van der Waals surface area contributed by atoms with Crippen molar-refractivity contribution in [2.24, 2.45) is 0 Å². The van der Waals surface area contributed by atoms with Crippen LogP contribution in [-0.2, 0) is 13.0 Å². The summed E-state index contributed by atoms with van der Waals surface area (Å²) < 4.78 is 0. The Morgan fingerprint density at radius 1 is 1.21 bits per heavy atom. The second-order valence-corrected chi connectivity index (χ2v) is 7.12. The standard InChI is InChI=1S/C17H16ClN5S/c1-10-16(18)21-11(2)22-17(10)23-4-3-14-13(8-23)5-12(6-20-14)15-7-19-9-24-15/h5-7,9H,3-4,8H2,1-2H3. The van der Waals surface area contributed by atoms with Crippen LogP contribution in [0, 0.1) is 13.8 Å². The number of halogens is 1. The van der Waals surface area contributed by atoms with Crippen LogP contribution >= 0.6 is 22.9 Å². The van der Waals surface area contributed by atoms with Crippen molar-refractivity contribution in [3.8, 4) is 10.4 Å². The summed E-state index contributed by atoms with van der Waals surface area (Å²) in [5.74, 6) is 1.62. The number of hydrogen-bond donors (Lipinski definition) is 0. The molecule has 122 valence electrons. The van der Waals surface area contributed by atoms with E-state index in [1.165, 1.54) is 5.56 Å². The Morgan fingerprint density at radius 3 is 2.88 bits per heavy atom. The Labute approximate surface area is 149 Å². The summed E-state index contributed by atoms with van der Waals surface area (Å²) in [6, 6.07) is 2.22. The number of hydrogen-bond acceptors (Lipinski definition) is 6. The van der Waals surface area contributed by atoms with Gasteiger partial charge in [-0.1, -0.05) is 11.6 Å². The van der Waals surface area contributed by atoms with Crippen LogP contribution in [0.15, 0.2) is 24.0 Å². The van der Waals surface area contributed by atoms with Crippen LogP contribution in [0.25, 0.3) is 10.4 Å². The lowest BCUT2D eigenvalue weighted by Gasteiger charge is -2.30. The summed E-state index contributed by atoms with van der Waals surface area (Å²) in [4.78, 5) is 21.0. The Morgan fingerprint density at radius 2 is 2.08 bits per heavy atom. The molecule has 0 aromatic carbocycles. The third-order valence-electron chi connectivity index (χ3n) is 4.23. The lowest BCUT2D eigenvalue weighted by atomic mass is 10.0. The van der Waals surface area contributed by atoms with Crippen molar-refractivity contribution in [1.29, 1.82) is 0 Å². The Bertz CT molecular complexity index is 894. The molecule has 3 aromatic heterocycles. The molecule has 24 heavy (non-hydrogen) atoms. The fourth-order valence-corrected chi connectivity index (χ4v) is 3.80. The van der Waals surface area contributed by atoms with E-state index >= 15 is 0 Å². The maximum Gasteiger partial charge on any atom is 0.137 e. The van der Waals surface area contributed by atoms with Crippen LogP contribution in [-0.4, -0.2) is 26.5 Å². The van der Waals surface area contributed by atoms with E-state index in [1.807, 2.05) is 31.8 Å². The average molecular weight is 358 g/mol. The molecule has 0 spiro atoms. The van der Waals surface area contributed by atoms with Crippen LogP contribution in [0.4, 0.5) is 5.82 Å². The molecule has 0 saturated heterocycles. The predicted molar refractivity (Wildman–Crippen MR) is 96.6 cm³/mol. The number of thiazole rings is 1. The summed E-state index contributed by atoms with van der Waals surface area (Å²) in [6.45, 7) is 5.50. The topological polar surface area (TPSA) is 54.8 Å². The minimum Gasteiger partial charge on any atom is -0.351 e. The van der Waals surface area contributed by atoms with Gasteiger partial charge in [0, 0.05) is 48.7 Å². The highest BCUT2D eigenvalue weighted by Gasteiger charge is 2.22. The summed E-state index contributed by atoms with van der Waals surface area (Å²) in [5, 5.41) is 0.528. The van der Waals surface area contributed by atoms with E-state index in [1.54, 1.807) is 11.3 Å². The van der Waals surface area contributed by atoms with Gasteiger partial charge in [-0.15, -0.1) is 11.3 Å². The molecular weight excluding hydrogens is 342 g/mol. The van der Waals surface area contributed by atoms with Gasteiger partial charge in [-0.2, -0.15) is 0 Å². The fraction of sp³-hybridized carbons (Fsp3) is 0.294. The Kier molecular flexibility index (Phi) is 3.94. The molecule has 0 fully saturated rings. The number of pyridine rings is 1. The lowest BCUT2D eigenvalue weighted by Crippen LogP contribution is -2.32. The van der Waals surface area contributed by atoms with Gasteiger partial charge in [0.15, 0.2) is 0 Å². The average Bonchev–Trinajstić information content (AvgIpc) is 3.11. The number of anilines is 1. The van der Waals surface area contributed by atoms with Gasteiger partial charge in [0.05, 0.1) is 10.4 Å². The number of rotatable bonds is 2. The van der Waals surface area contributed by atoms with Crippen molar-refractivity contribution in [3.05, 3.63) is 51.8 Å². The minimum absolute atomic E-state index is 0.528. The molecule has 4 rings (SSSR count). The molecule has 4 heterocycles. The summed E-state index contributed by atoms with van der Waals surface area (Å²) in [6.07, 6.45) is 4.73. The van der Waals surface area contributed by atoms with Gasteiger partial charge < -0.3 is 4.90 Å². The zero-order valence-electron chi connectivity index (χ0n) is 13.5. The first kappa shape index (κ1) is 15.5. The van der Waals surface area contributed by atoms with E-state index in [2.05, 4.69) is 30.9 Å². The molecule has 0 amide bonds. The van der Waals surface area contributed by atoms with Crippen LogP contribution < -0.4 is 4.90 Å². The molecule has 0 atom stereocenters. The van der Waals surface area contributed by atoms with Crippen molar-refractivity contribution in [3.63, 3.8) is 0 Å². The van der Waals surface area contributed by atoms with Crippen molar-refractivity contribution in [2.75, 3.05) is 11.4 Å². The number of aryl methyl sites for hydroxylation is 1. The molecule has 5 nitrogen and oxygen atoms in total. The van der Waals surface area contributed by atoms with Crippen molar-refractivity contribution < 1.29 is 0 Å². The second-order valence-electron chi connectivity index (χ2n) is 5.88. The first-order chi connectivity index (χ1) is 11.6. The smallest absolute Gasteiger partial charge is 0.137 e. The summed E-state index contributed by atoms with van der Waals surface area (Å²) in [7, 11) is 0. The second kappa shape index (κ2) is 6.11. The lowest BCUT2D eigenvalue weighted by molar-refractivity contribution is 0.697. The van der Waals surface area contributed by atoms with Gasteiger partial charge in [-0.25, -0.2) is 9.97 Å². The molecule has 0 N–H and O–H groups in total. The molecule has 0 radical (unpaired) electrons. The van der Waals surface area contributed by atoms with E-state index in [0.717, 1.165) is 47.0 Å². The van der Waals surface area contributed by atoms with E-state index in [9.17, 15) is 0 Å². The van der Waals surface area contributed by atoms with E-state index in [0.29, 0.717) is 11.0 Å². The Balaban J connectivity index is 1.69. The molecule has 7 heteroatoms. The molecule has 0 unspecified atom stereocenters. The van der Waals surface area contributed by atoms with E-state index < -0.39 is 0 Å². The molecule has 3 aromatic rings. The van der Waals surface area contributed by atoms with Crippen LogP contribution in [0.2, 0.25) is 5.15 Å². The van der Waals surface area contributed by atoms with Crippen molar-refractivity contribution in [2.45, 2.75) is 26.8 Å². The van der Waals surface area contributed by atoms with Crippen LogP contribution in [0.5, 0.6) is 0 Å². The predicted octanol–water partition coefficient (Wildman–Crippen LogP) is 3.83. The van der Waals surface area contributed by atoms with Crippen LogP contribution in [0.3, 0.4) is 0 Å². The normalized spacial score (nSPS) is 13.9. The largest absolute Gasteiger partial charge is 0.351 e. The quantitative estimate of drug-likeness (QED) is 0.652. The first-order valence-corrected chi connectivity index (χ1v) is 9.00. The molecule has 0 aliphatic carbocycles. The number of aromatic nitrogens is 4. The molecule has 0 bridgehead atoms. The van der Waals surface area contributed by atoms with E-state index in [4.69, 9.17) is 11.6 Å². The van der Waals surface area contributed by atoms with Gasteiger partial charge in [-0.05, 0) is 25.5 Å². The fourth-order valence-electron chi connectivity index (χ4n) is 2.99. The maximum atomic E-state index is 6.24. The van der Waals surface area contributed by atoms with Gasteiger partial charge in [0.2, 0.25) is 0 Å². The van der Waals surface area contributed by atoms with Gasteiger partial charge in [0.1, 0.15) is 16.8 Å². The third kappa shape index (κ3) is 2.76. The SMILES string of the molecule is Cc1nc(Cl)c(C)c(N2CCc3ncc(-c4cncs4)cc3C2)n1. The van der Waals surface area contributed by atoms with Gasteiger partial charge in [0.25, 0.3) is 0 Å².